The Morgan fingerprint density at radius 1 is 1.00 bits per heavy atom. The standard InChI is InChI=1S/C29H39N3O4/c1-3-19-31-20-10-4-5-11-21-32(29(34)23-14-12-18-27(30-23)35-2)24-15-7-9-17-26(24)36-25-16-8-6-13-22(25)28(31)33/h6,8,12-14,16,18,24,26H,3-5,7,9-11,15,17,19-21H2,1-2H3/t24-,26+/m1/s1. The summed E-state index contributed by atoms with van der Waals surface area (Å²) in [6, 6.07) is 12.8. The molecule has 0 N–H and O–H groups in total. The molecule has 2 heterocycles. The van der Waals surface area contributed by atoms with Crippen LogP contribution in [-0.4, -0.2) is 65.5 Å². The number of rotatable bonds is 4. The molecule has 1 aromatic carbocycles. The van der Waals surface area contributed by atoms with Crippen LogP contribution in [0.3, 0.4) is 0 Å². The molecule has 0 unspecified atom stereocenters. The highest BCUT2D eigenvalue weighted by Gasteiger charge is 2.36. The first kappa shape index (κ1) is 26.0. The lowest BCUT2D eigenvalue weighted by Crippen LogP contribution is -2.51. The lowest BCUT2D eigenvalue weighted by molar-refractivity contribution is 0.0262. The second-order valence-electron chi connectivity index (χ2n) is 9.77. The molecule has 7 heteroatoms. The molecule has 0 saturated heterocycles. The first-order valence-corrected chi connectivity index (χ1v) is 13.5. The molecule has 2 aromatic rings. The third-order valence-corrected chi connectivity index (χ3v) is 7.23. The molecule has 194 valence electrons. The predicted molar refractivity (Wildman–Crippen MR) is 140 cm³/mol. The van der Waals surface area contributed by atoms with Crippen molar-refractivity contribution in [3.8, 4) is 11.6 Å². The van der Waals surface area contributed by atoms with E-state index in [4.69, 9.17) is 9.47 Å². The van der Waals surface area contributed by atoms with Crippen molar-refractivity contribution in [2.24, 2.45) is 0 Å². The first-order chi connectivity index (χ1) is 17.6. The number of benzene rings is 1. The molecule has 2 aliphatic rings. The van der Waals surface area contributed by atoms with Crippen molar-refractivity contribution in [3.05, 3.63) is 53.7 Å². The normalized spacial score (nSPS) is 21.6. The summed E-state index contributed by atoms with van der Waals surface area (Å²) in [5.41, 5.74) is 1.00. The molecule has 2 amide bonds. The molecular formula is C29H39N3O4. The average molecular weight is 494 g/mol. The molecule has 0 radical (unpaired) electrons. The number of amides is 2. The number of pyridine rings is 1. The number of para-hydroxylation sites is 1. The van der Waals surface area contributed by atoms with Crippen LogP contribution in [0.1, 0.15) is 85.6 Å². The van der Waals surface area contributed by atoms with Gasteiger partial charge in [-0.1, -0.05) is 44.4 Å². The van der Waals surface area contributed by atoms with Gasteiger partial charge in [0.15, 0.2) is 0 Å². The maximum absolute atomic E-state index is 13.8. The van der Waals surface area contributed by atoms with Gasteiger partial charge in [0.05, 0.1) is 18.7 Å². The number of nitrogens with zero attached hydrogens (tertiary/aromatic N) is 3. The Bertz CT molecular complexity index is 1030. The second-order valence-corrected chi connectivity index (χ2v) is 9.77. The molecule has 0 bridgehead atoms. The van der Waals surface area contributed by atoms with Crippen LogP contribution in [-0.2, 0) is 0 Å². The van der Waals surface area contributed by atoms with Gasteiger partial charge in [0, 0.05) is 25.7 Å². The van der Waals surface area contributed by atoms with Crippen molar-refractivity contribution in [2.45, 2.75) is 76.9 Å². The Morgan fingerprint density at radius 2 is 1.78 bits per heavy atom. The van der Waals surface area contributed by atoms with Gasteiger partial charge in [-0.25, -0.2) is 4.98 Å². The van der Waals surface area contributed by atoms with Gasteiger partial charge in [-0.05, 0) is 56.7 Å². The number of aromatic nitrogens is 1. The van der Waals surface area contributed by atoms with Crippen molar-refractivity contribution in [1.29, 1.82) is 0 Å². The van der Waals surface area contributed by atoms with E-state index in [1.165, 1.54) is 0 Å². The highest BCUT2D eigenvalue weighted by Crippen LogP contribution is 2.31. The topological polar surface area (TPSA) is 72.0 Å². The van der Waals surface area contributed by atoms with Crippen LogP contribution >= 0.6 is 0 Å². The van der Waals surface area contributed by atoms with Crippen LogP contribution in [0.4, 0.5) is 0 Å². The molecule has 7 nitrogen and oxygen atoms in total. The molecular weight excluding hydrogens is 454 g/mol. The third kappa shape index (κ3) is 6.18. The van der Waals surface area contributed by atoms with Crippen LogP contribution in [0.25, 0.3) is 0 Å². The monoisotopic (exact) mass is 493 g/mol. The summed E-state index contributed by atoms with van der Waals surface area (Å²) in [6.45, 7) is 4.26. The zero-order chi connectivity index (χ0) is 25.3. The van der Waals surface area contributed by atoms with Gasteiger partial charge >= 0.3 is 0 Å². The Balaban J connectivity index is 1.67. The van der Waals surface area contributed by atoms with E-state index in [9.17, 15) is 9.59 Å². The number of hydrogen-bond acceptors (Lipinski definition) is 5. The summed E-state index contributed by atoms with van der Waals surface area (Å²) >= 11 is 0. The van der Waals surface area contributed by atoms with E-state index in [0.29, 0.717) is 29.4 Å². The summed E-state index contributed by atoms with van der Waals surface area (Å²) in [5.74, 6) is 0.998. The quantitative estimate of drug-likeness (QED) is 0.574. The van der Waals surface area contributed by atoms with Crippen molar-refractivity contribution in [1.82, 2.24) is 14.8 Å². The fraction of sp³-hybridized carbons (Fsp3) is 0.552. The Hall–Kier alpha value is -3.09. The van der Waals surface area contributed by atoms with Gasteiger partial charge in [-0.3, -0.25) is 9.59 Å². The second kappa shape index (κ2) is 12.7. The predicted octanol–water partition coefficient (Wildman–Crippen LogP) is 5.35. The summed E-state index contributed by atoms with van der Waals surface area (Å²) in [6.07, 6.45) is 8.46. The zero-order valence-electron chi connectivity index (χ0n) is 21.7. The fourth-order valence-corrected chi connectivity index (χ4v) is 5.39. The largest absolute Gasteiger partial charge is 0.487 e. The molecule has 4 rings (SSSR count). The van der Waals surface area contributed by atoms with Gasteiger partial charge in [-0.2, -0.15) is 0 Å². The minimum Gasteiger partial charge on any atom is -0.487 e. The lowest BCUT2D eigenvalue weighted by Gasteiger charge is -2.40. The smallest absolute Gasteiger partial charge is 0.272 e. The van der Waals surface area contributed by atoms with Gasteiger partial charge < -0.3 is 19.3 Å². The highest BCUT2D eigenvalue weighted by molar-refractivity contribution is 5.97. The molecule has 36 heavy (non-hydrogen) atoms. The van der Waals surface area contributed by atoms with E-state index < -0.39 is 0 Å². The van der Waals surface area contributed by atoms with Gasteiger partial charge in [-0.15, -0.1) is 0 Å². The summed E-state index contributed by atoms with van der Waals surface area (Å²) in [7, 11) is 1.56. The molecule has 0 spiro atoms. The van der Waals surface area contributed by atoms with Crippen LogP contribution in [0.5, 0.6) is 11.6 Å². The van der Waals surface area contributed by atoms with Crippen LogP contribution in [0.15, 0.2) is 42.5 Å². The Labute approximate surface area is 214 Å². The number of methoxy groups -OCH3 is 1. The fourth-order valence-electron chi connectivity index (χ4n) is 5.39. The number of carbonyl (C=O) groups is 2. The van der Waals surface area contributed by atoms with Crippen molar-refractivity contribution < 1.29 is 19.1 Å². The molecule has 2 atom stereocenters. The number of ether oxygens (including phenoxy) is 2. The SMILES string of the molecule is CCCN1CCCCCCN(C(=O)c2cccc(OC)n2)[C@@H]2CCCC[C@@H]2Oc2ccccc2C1=O. The summed E-state index contributed by atoms with van der Waals surface area (Å²) in [5, 5.41) is 0. The third-order valence-electron chi connectivity index (χ3n) is 7.23. The molecule has 1 aliphatic carbocycles. The Morgan fingerprint density at radius 3 is 2.58 bits per heavy atom. The number of carbonyl (C=O) groups excluding carboxylic acids is 2. The molecule has 1 aliphatic heterocycles. The minimum atomic E-state index is -0.176. The molecule has 1 aromatic heterocycles. The first-order valence-electron chi connectivity index (χ1n) is 13.5. The van der Waals surface area contributed by atoms with Gasteiger partial charge in [0.25, 0.3) is 11.8 Å². The van der Waals surface area contributed by atoms with Gasteiger partial charge in [0.2, 0.25) is 5.88 Å². The van der Waals surface area contributed by atoms with E-state index in [1.807, 2.05) is 40.1 Å². The van der Waals surface area contributed by atoms with Crippen molar-refractivity contribution in [3.63, 3.8) is 0 Å². The number of hydrogen-bond donors (Lipinski definition) is 0. The molecule has 1 saturated carbocycles. The number of fused-ring (bicyclic) bond motifs is 2. The Kier molecular flexibility index (Phi) is 9.20. The van der Waals surface area contributed by atoms with Crippen LogP contribution < -0.4 is 9.47 Å². The van der Waals surface area contributed by atoms with Crippen LogP contribution in [0.2, 0.25) is 0 Å². The van der Waals surface area contributed by atoms with E-state index in [-0.39, 0.29) is 24.0 Å². The summed E-state index contributed by atoms with van der Waals surface area (Å²) in [4.78, 5) is 35.7. The van der Waals surface area contributed by atoms with Crippen molar-refractivity contribution >= 4 is 11.8 Å². The van der Waals surface area contributed by atoms with Gasteiger partial charge in [0.1, 0.15) is 17.5 Å². The maximum Gasteiger partial charge on any atom is 0.272 e. The van der Waals surface area contributed by atoms with E-state index >= 15 is 0 Å². The summed E-state index contributed by atoms with van der Waals surface area (Å²) < 4.78 is 11.9. The zero-order valence-corrected chi connectivity index (χ0v) is 21.7. The van der Waals surface area contributed by atoms with Crippen LogP contribution in [0, 0.1) is 0 Å². The maximum atomic E-state index is 13.8. The van der Waals surface area contributed by atoms with Crippen molar-refractivity contribution in [2.75, 3.05) is 26.7 Å². The van der Waals surface area contributed by atoms with E-state index in [1.54, 1.807) is 19.2 Å². The highest BCUT2D eigenvalue weighted by atomic mass is 16.5. The van der Waals surface area contributed by atoms with E-state index in [0.717, 1.165) is 70.9 Å². The molecule has 1 fully saturated rings. The average Bonchev–Trinajstić information content (AvgIpc) is 2.92. The lowest BCUT2D eigenvalue weighted by atomic mass is 9.90. The minimum absolute atomic E-state index is 0.0328. The van der Waals surface area contributed by atoms with E-state index in [2.05, 4.69) is 11.9 Å².